The molecular weight excluding hydrogens is 1020 g/mol. The molecule has 0 aliphatic heterocycles. The van der Waals surface area contributed by atoms with Gasteiger partial charge in [-0.15, -0.1) is 0 Å². The van der Waals surface area contributed by atoms with Crippen LogP contribution in [0.5, 0.6) is 0 Å². The number of rotatable bonds is 59. The first-order valence-electron chi connectivity index (χ1n) is 33.6. The molecule has 1 unspecified atom stereocenters. The van der Waals surface area contributed by atoms with Crippen molar-refractivity contribution in [2.24, 2.45) is 0 Å². The summed E-state index contributed by atoms with van der Waals surface area (Å²) in [5.41, 5.74) is 0. The van der Waals surface area contributed by atoms with E-state index in [9.17, 15) is 14.4 Å². The minimum atomic E-state index is -0.822. The van der Waals surface area contributed by atoms with Gasteiger partial charge in [-0.3, -0.25) is 14.4 Å². The average molecular weight is 1140 g/mol. The number of carbonyl (C=O) groups is 3. The second kappa shape index (κ2) is 69.3. The molecule has 0 heterocycles. The molecule has 466 valence electrons. The molecule has 0 N–H and O–H groups in total. The van der Waals surface area contributed by atoms with Crippen molar-refractivity contribution in [3.05, 3.63) is 170 Å². The first-order chi connectivity index (χ1) is 41.0. The molecule has 1 atom stereocenters. The van der Waals surface area contributed by atoms with Crippen molar-refractivity contribution in [3.63, 3.8) is 0 Å². The zero-order valence-electron chi connectivity index (χ0n) is 53.4. The van der Waals surface area contributed by atoms with Gasteiger partial charge < -0.3 is 14.2 Å². The van der Waals surface area contributed by atoms with Crippen molar-refractivity contribution < 1.29 is 28.6 Å². The lowest BCUT2D eigenvalue weighted by Crippen LogP contribution is -2.30. The molecule has 0 amide bonds. The monoisotopic (exact) mass is 1140 g/mol. The van der Waals surface area contributed by atoms with Gasteiger partial charge in [0.2, 0.25) is 0 Å². The van der Waals surface area contributed by atoms with Crippen LogP contribution >= 0.6 is 0 Å². The van der Waals surface area contributed by atoms with Gasteiger partial charge in [-0.1, -0.05) is 287 Å². The molecule has 0 aromatic rings. The lowest BCUT2D eigenvalue weighted by Gasteiger charge is -2.18. The molecule has 0 aliphatic rings. The van der Waals surface area contributed by atoms with Crippen LogP contribution in [0.4, 0.5) is 0 Å². The van der Waals surface area contributed by atoms with Crippen LogP contribution in [0.15, 0.2) is 170 Å². The molecule has 0 bridgehead atoms. The first kappa shape index (κ1) is 77.8. The SMILES string of the molecule is CC/C=C\C/C=C\C/C=C\C/C=C\C/C=C\C/C=C\C/C=C\C/C=C\CCCCCCCCCCC(=O)OCC(COC(=O)CC/C=C\C/C=C\C/C=C\C/C=C\CC)OC(=O)CCCCCCCCCCC/C=C\C/C=C\CCCCC. The Morgan fingerprint density at radius 2 is 0.494 bits per heavy atom. The fourth-order valence-electron chi connectivity index (χ4n) is 8.74. The third-order valence-electron chi connectivity index (χ3n) is 13.7. The van der Waals surface area contributed by atoms with E-state index >= 15 is 0 Å². The summed E-state index contributed by atoms with van der Waals surface area (Å²) in [6.07, 6.45) is 102. The molecule has 0 fully saturated rings. The molecule has 83 heavy (non-hydrogen) atoms. The second-order valence-corrected chi connectivity index (χ2v) is 21.6. The zero-order valence-corrected chi connectivity index (χ0v) is 53.4. The van der Waals surface area contributed by atoms with Crippen LogP contribution in [0.1, 0.15) is 278 Å². The number of unbranched alkanes of at least 4 members (excludes halogenated alkanes) is 20. The van der Waals surface area contributed by atoms with E-state index in [0.29, 0.717) is 19.3 Å². The van der Waals surface area contributed by atoms with Gasteiger partial charge in [0.25, 0.3) is 0 Å². The number of ether oxygens (including phenoxy) is 3. The molecule has 0 rings (SSSR count). The fourth-order valence-corrected chi connectivity index (χ4v) is 8.74. The largest absolute Gasteiger partial charge is 0.462 e. The lowest BCUT2D eigenvalue weighted by molar-refractivity contribution is -0.166. The van der Waals surface area contributed by atoms with Crippen molar-refractivity contribution in [1.29, 1.82) is 0 Å². The Morgan fingerprint density at radius 1 is 0.253 bits per heavy atom. The number of hydrogen-bond donors (Lipinski definition) is 0. The quantitative estimate of drug-likeness (QED) is 0.0261. The second-order valence-electron chi connectivity index (χ2n) is 21.6. The highest BCUT2D eigenvalue weighted by Crippen LogP contribution is 2.15. The van der Waals surface area contributed by atoms with Crippen molar-refractivity contribution in [3.8, 4) is 0 Å². The normalized spacial score (nSPS) is 13.2. The summed E-state index contributed by atoms with van der Waals surface area (Å²) in [6.45, 7) is 6.31. The van der Waals surface area contributed by atoms with Gasteiger partial charge >= 0.3 is 17.9 Å². The van der Waals surface area contributed by atoms with Gasteiger partial charge in [-0.25, -0.2) is 0 Å². The minimum absolute atomic E-state index is 0.113. The van der Waals surface area contributed by atoms with Crippen molar-refractivity contribution in [2.75, 3.05) is 13.2 Å². The Kier molecular flexibility index (Phi) is 64.9. The van der Waals surface area contributed by atoms with Crippen molar-refractivity contribution >= 4 is 17.9 Å². The molecular formula is C77H122O6. The average Bonchev–Trinajstić information content (AvgIpc) is 3.49. The minimum Gasteiger partial charge on any atom is -0.462 e. The highest BCUT2D eigenvalue weighted by Gasteiger charge is 2.19. The van der Waals surface area contributed by atoms with Crippen molar-refractivity contribution in [1.82, 2.24) is 0 Å². The Bertz CT molecular complexity index is 1890. The predicted octanol–water partition coefficient (Wildman–Crippen LogP) is 23.4. The summed E-state index contributed by atoms with van der Waals surface area (Å²) >= 11 is 0. The summed E-state index contributed by atoms with van der Waals surface area (Å²) < 4.78 is 16.8. The fraction of sp³-hybridized carbons (Fsp3) is 0.597. The smallest absolute Gasteiger partial charge is 0.306 e. The van der Waals surface area contributed by atoms with Gasteiger partial charge in [0.05, 0.1) is 0 Å². The summed E-state index contributed by atoms with van der Waals surface area (Å²) in [5, 5.41) is 0. The van der Waals surface area contributed by atoms with Gasteiger partial charge in [0.1, 0.15) is 13.2 Å². The van der Waals surface area contributed by atoms with Crippen molar-refractivity contribution in [2.45, 2.75) is 284 Å². The van der Waals surface area contributed by atoms with E-state index in [1.165, 1.54) is 103 Å². The third kappa shape index (κ3) is 67.4. The molecule has 0 radical (unpaired) electrons. The maximum atomic E-state index is 12.9. The number of carbonyl (C=O) groups excluding carboxylic acids is 3. The van der Waals surface area contributed by atoms with E-state index in [1.807, 2.05) is 6.08 Å². The molecule has 6 heteroatoms. The Labute approximate surface area is 511 Å². The Balaban J connectivity index is 4.35. The molecule has 0 aromatic carbocycles. The number of hydrogen-bond acceptors (Lipinski definition) is 6. The molecule has 0 saturated heterocycles. The maximum Gasteiger partial charge on any atom is 0.306 e. The van der Waals surface area contributed by atoms with Crippen LogP contribution in [0.25, 0.3) is 0 Å². The van der Waals surface area contributed by atoms with E-state index in [2.05, 4.69) is 185 Å². The van der Waals surface area contributed by atoms with Crippen LogP contribution in [0.2, 0.25) is 0 Å². The highest BCUT2D eigenvalue weighted by molar-refractivity contribution is 5.71. The highest BCUT2D eigenvalue weighted by atomic mass is 16.6. The van der Waals surface area contributed by atoms with E-state index in [1.54, 1.807) is 0 Å². The summed E-state index contributed by atoms with van der Waals surface area (Å²) in [4.78, 5) is 38.3. The third-order valence-corrected chi connectivity index (χ3v) is 13.7. The van der Waals surface area contributed by atoms with E-state index in [0.717, 1.165) is 128 Å². The van der Waals surface area contributed by atoms with Gasteiger partial charge in [0.15, 0.2) is 6.10 Å². The Hall–Kier alpha value is -5.23. The van der Waals surface area contributed by atoms with Crippen LogP contribution in [0.3, 0.4) is 0 Å². The summed E-state index contributed by atoms with van der Waals surface area (Å²) in [6, 6.07) is 0. The lowest BCUT2D eigenvalue weighted by atomic mass is 10.1. The molecule has 6 nitrogen and oxygen atoms in total. The number of esters is 3. The van der Waals surface area contributed by atoms with E-state index < -0.39 is 6.10 Å². The molecule has 0 aromatic heterocycles. The van der Waals surface area contributed by atoms with Gasteiger partial charge in [-0.05, 0) is 141 Å². The van der Waals surface area contributed by atoms with Crippen LogP contribution in [0, 0.1) is 0 Å². The van der Waals surface area contributed by atoms with Gasteiger partial charge in [-0.2, -0.15) is 0 Å². The first-order valence-corrected chi connectivity index (χ1v) is 33.6. The maximum absolute atomic E-state index is 12.9. The van der Waals surface area contributed by atoms with E-state index in [4.69, 9.17) is 14.2 Å². The predicted molar refractivity (Wildman–Crippen MR) is 361 cm³/mol. The Morgan fingerprint density at radius 3 is 0.807 bits per heavy atom. The van der Waals surface area contributed by atoms with Gasteiger partial charge in [0, 0.05) is 19.3 Å². The molecule has 0 saturated carbocycles. The standard InChI is InChI=1S/C77H122O6/c1-4-7-10-13-16-19-22-25-27-29-31-32-33-34-35-36-37-38-39-40-41-42-43-44-46-47-49-52-55-58-61-64-67-70-76(79)82-73-74(72-81-75(78)69-66-63-60-57-54-51-24-21-18-15-12-9-6-3)83-77(80)71-68-65-62-59-56-53-50-48-45-30-28-26-23-20-17-14-11-8-5-2/h7,9-10,12,16-21,25-28,31-32,34-35,37-38,40-41,43-44,51,54,60,63,74H,4-6,8,11,13-15,22-24,29-30,33,36,39,42,45-50,52-53,55-59,61-62,64-73H2,1-3H3/b10-7-,12-9-,19-16-,20-17-,21-18-,27-25-,28-26-,32-31-,35-34-,38-37-,41-40-,44-43-,54-51-,63-60-. The summed E-state index contributed by atoms with van der Waals surface area (Å²) in [7, 11) is 0. The topological polar surface area (TPSA) is 78.9 Å². The summed E-state index contributed by atoms with van der Waals surface area (Å²) in [5.74, 6) is -1.01. The molecule has 0 aliphatic carbocycles. The van der Waals surface area contributed by atoms with Crippen LogP contribution in [-0.2, 0) is 28.6 Å². The number of allylic oxidation sites excluding steroid dienone is 28. The zero-order chi connectivity index (χ0) is 59.9. The van der Waals surface area contributed by atoms with Crippen LogP contribution in [-0.4, -0.2) is 37.2 Å². The van der Waals surface area contributed by atoms with E-state index in [-0.39, 0.29) is 37.5 Å². The van der Waals surface area contributed by atoms with Crippen LogP contribution < -0.4 is 0 Å². The molecule has 0 spiro atoms.